The van der Waals surface area contributed by atoms with Gasteiger partial charge in [-0.15, -0.1) is 0 Å². The van der Waals surface area contributed by atoms with Crippen molar-refractivity contribution in [1.29, 1.82) is 0 Å². The summed E-state index contributed by atoms with van der Waals surface area (Å²) in [6.45, 7) is 0.576. The van der Waals surface area contributed by atoms with Crippen molar-refractivity contribution in [3.63, 3.8) is 0 Å². The van der Waals surface area contributed by atoms with Crippen LogP contribution in [0.5, 0.6) is 5.75 Å². The van der Waals surface area contributed by atoms with Crippen molar-refractivity contribution in [1.82, 2.24) is 0 Å². The lowest BCUT2D eigenvalue weighted by Crippen LogP contribution is -2.37. The fourth-order valence-corrected chi connectivity index (χ4v) is 1.81. The molecule has 15 heavy (non-hydrogen) atoms. The second kappa shape index (κ2) is 3.03. The highest BCUT2D eigenvalue weighted by Gasteiger charge is 2.42. The zero-order valence-electron chi connectivity index (χ0n) is 7.90. The molecule has 0 aromatic heterocycles. The molecule has 4 heteroatoms. The normalized spacial score (nSPS) is 28.2. The first kappa shape index (κ1) is 8.85. The highest BCUT2D eigenvalue weighted by atomic mass is 19.1. The van der Waals surface area contributed by atoms with E-state index >= 15 is 0 Å². The number of hydrogen-bond donors (Lipinski definition) is 0. The van der Waals surface area contributed by atoms with E-state index in [2.05, 4.69) is 0 Å². The van der Waals surface area contributed by atoms with Gasteiger partial charge in [0, 0.05) is 12.0 Å². The largest absolute Gasteiger partial charge is 0.479 e. The molecule has 0 N–H and O–H groups in total. The van der Waals surface area contributed by atoms with Gasteiger partial charge < -0.3 is 9.47 Å². The quantitative estimate of drug-likeness (QED) is 0.648. The molecule has 2 aliphatic rings. The molecule has 2 atom stereocenters. The van der Waals surface area contributed by atoms with E-state index in [1.165, 1.54) is 12.1 Å². The topological polar surface area (TPSA) is 38.8 Å². The van der Waals surface area contributed by atoms with Crippen LogP contribution in [0.25, 0.3) is 0 Å². The van der Waals surface area contributed by atoms with Crippen molar-refractivity contribution in [3.8, 4) is 5.75 Å². The van der Waals surface area contributed by atoms with Gasteiger partial charge in [-0.2, -0.15) is 0 Å². The predicted molar refractivity (Wildman–Crippen MR) is 49.3 cm³/mol. The van der Waals surface area contributed by atoms with Crippen LogP contribution in [0, 0.1) is 5.82 Å². The number of carbonyl (C=O) groups excluding carboxylic acids is 1. The molecule has 0 spiro atoms. The van der Waals surface area contributed by atoms with Crippen LogP contribution in [0.4, 0.5) is 4.39 Å². The van der Waals surface area contributed by atoms with Crippen LogP contribution < -0.4 is 4.74 Å². The summed E-state index contributed by atoms with van der Waals surface area (Å²) in [5.41, 5.74) is 0.622. The molecule has 3 rings (SSSR count). The molecule has 0 unspecified atom stereocenters. The molecular formula is C11H9FO3. The van der Waals surface area contributed by atoms with Crippen LogP contribution in [-0.4, -0.2) is 24.6 Å². The van der Waals surface area contributed by atoms with Gasteiger partial charge >= 0.3 is 0 Å². The van der Waals surface area contributed by atoms with Crippen molar-refractivity contribution in [2.75, 3.05) is 6.61 Å². The molecule has 78 valence electrons. The van der Waals surface area contributed by atoms with E-state index in [0.717, 1.165) is 0 Å². The smallest absolute Gasteiger partial charge is 0.185 e. The van der Waals surface area contributed by atoms with Crippen molar-refractivity contribution in [3.05, 3.63) is 29.6 Å². The average Bonchev–Trinajstić information content (AvgIpc) is 3.00. The van der Waals surface area contributed by atoms with E-state index in [1.807, 2.05) is 0 Å². The maximum Gasteiger partial charge on any atom is 0.185 e. The van der Waals surface area contributed by atoms with Crippen LogP contribution in [0.2, 0.25) is 0 Å². The third kappa shape index (κ3) is 1.51. The minimum Gasteiger partial charge on any atom is -0.479 e. The summed E-state index contributed by atoms with van der Waals surface area (Å²) in [6, 6.07) is 4.24. The Morgan fingerprint density at radius 3 is 2.93 bits per heavy atom. The minimum atomic E-state index is -0.497. The number of benzene rings is 1. The molecular weight excluding hydrogens is 199 g/mol. The summed E-state index contributed by atoms with van der Waals surface area (Å²) < 4.78 is 23.4. The van der Waals surface area contributed by atoms with Gasteiger partial charge in [0.15, 0.2) is 11.9 Å². The Balaban J connectivity index is 1.94. The lowest BCUT2D eigenvalue weighted by atomic mass is 9.99. The van der Waals surface area contributed by atoms with Gasteiger partial charge in [0.05, 0.1) is 6.61 Å². The fraction of sp³-hybridized carbons (Fsp3) is 0.364. The number of rotatable bonds is 1. The molecule has 1 aromatic carbocycles. The molecule has 0 bridgehead atoms. The van der Waals surface area contributed by atoms with Crippen LogP contribution in [-0.2, 0) is 16.0 Å². The number of Topliss-reactive ketones (excluding diaryl/α,β-unsaturated/α-hetero) is 1. The molecule has 0 radical (unpaired) electrons. The van der Waals surface area contributed by atoms with Crippen LogP contribution in [0.1, 0.15) is 5.56 Å². The van der Waals surface area contributed by atoms with Gasteiger partial charge in [0.25, 0.3) is 0 Å². The summed E-state index contributed by atoms with van der Waals surface area (Å²) in [4.78, 5) is 11.6. The highest BCUT2D eigenvalue weighted by Crippen LogP contribution is 2.30. The SMILES string of the molecule is O=C1Cc2cc(F)ccc2O[C@@H]1[C@@H]1CO1. The summed E-state index contributed by atoms with van der Waals surface area (Å²) in [6.07, 6.45) is -0.365. The maximum atomic E-state index is 12.9. The Morgan fingerprint density at radius 1 is 1.40 bits per heavy atom. The number of epoxide rings is 1. The minimum absolute atomic E-state index is 0.0319. The number of hydrogen-bond acceptors (Lipinski definition) is 3. The summed E-state index contributed by atoms with van der Waals surface area (Å²) in [5, 5.41) is 0. The van der Waals surface area contributed by atoms with Gasteiger partial charge in [-0.3, -0.25) is 4.79 Å². The van der Waals surface area contributed by atoms with Gasteiger partial charge in [0.1, 0.15) is 17.7 Å². The van der Waals surface area contributed by atoms with Crippen LogP contribution >= 0.6 is 0 Å². The molecule has 2 heterocycles. The Labute approximate surface area is 85.8 Å². The predicted octanol–water partition coefficient (Wildman–Crippen LogP) is 1.10. The molecule has 0 aliphatic carbocycles. The van der Waals surface area contributed by atoms with Crippen LogP contribution in [0.3, 0.4) is 0 Å². The van der Waals surface area contributed by atoms with Crippen LogP contribution in [0.15, 0.2) is 18.2 Å². The number of carbonyl (C=O) groups is 1. The van der Waals surface area contributed by atoms with Gasteiger partial charge in [-0.25, -0.2) is 4.39 Å². The molecule has 1 saturated heterocycles. The molecule has 2 aliphatic heterocycles. The molecule has 0 amide bonds. The zero-order chi connectivity index (χ0) is 10.4. The van der Waals surface area contributed by atoms with Crippen molar-refractivity contribution < 1.29 is 18.7 Å². The first-order valence-corrected chi connectivity index (χ1v) is 4.83. The third-order valence-electron chi connectivity index (χ3n) is 2.66. The Morgan fingerprint density at radius 2 is 2.20 bits per heavy atom. The molecule has 3 nitrogen and oxygen atoms in total. The van der Waals surface area contributed by atoms with E-state index < -0.39 is 6.10 Å². The lowest BCUT2D eigenvalue weighted by molar-refractivity contribution is -0.127. The second-order valence-corrected chi connectivity index (χ2v) is 3.81. The zero-order valence-corrected chi connectivity index (χ0v) is 7.90. The first-order chi connectivity index (χ1) is 7.24. The fourth-order valence-electron chi connectivity index (χ4n) is 1.81. The maximum absolute atomic E-state index is 12.9. The summed E-state index contributed by atoms with van der Waals surface area (Å²) in [5.74, 6) is 0.221. The van der Waals surface area contributed by atoms with Gasteiger partial charge in [-0.1, -0.05) is 0 Å². The van der Waals surface area contributed by atoms with E-state index in [0.29, 0.717) is 17.9 Å². The van der Waals surface area contributed by atoms with Gasteiger partial charge in [-0.05, 0) is 18.2 Å². The van der Waals surface area contributed by atoms with E-state index in [-0.39, 0.29) is 24.1 Å². The Bertz CT molecular complexity index is 426. The van der Waals surface area contributed by atoms with E-state index in [9.17, 15) is 9.18 Å². The van der Waals surface area contributed by atoms with Gasteiger partial charge in [0.2, 0.25) is 0 Å². The van der Waals surface area contributed by atoms with E-state index in [4.69, 9.17) is 9.47 Å². The van der Waals surface area contributed by atoms with E-state index in [1.54, 1.807) is 6.07 Å². The standard InChI is InChI=1S/C11H9FO3/c12-7-1-2-9-6(3-7)4-8(13)11(15-9)10-5-14-10/h1-3,10-11H,4-5H2/t10-,11-/m0/s1. The molecule has 1 aromatic rings. The van der Waals surface area contributed by atoms with Crippen molar-refractivity contribution in [2.24, 2.45) is 0 Å². The number of ether oxygens (including phenoxy) is 2. The summed E-state index contributed by atoms with van der Waals surface area (Å²) >= 11 is 0. The third-order valence-corrected chi connectivity index (χ3v) is 2.66. The first-order valence-electron chi connectivity index (χ1n) is 4.83. The Hall–Kier alpha value is -1.42. The second-order valence-electron chi connectivity index (χ2n) is 3.81. The number of ketones is 1. The highest BCUT2D eigenvalue weighted by molar-refractivity contribution is 5.88. The van der Waals surface area contributed by atoms with Crippen molar-refractivity contribution >= 4 is 5.78 Å². The molecule has 1 fully saturated rings. The summed E-state index contributed by atoms with van der Waals surface area (Å²) in [7, 11) is 0. The monoisotopic (exact) mass is 208 g/mol. The number of fused-ring (bicyclic) bond motifs is 1. The molecule has 0 saturated carbocycles. The van der Waals surface area contributed by atoms with Crippen molar-refractivity contribution in [2.45, 2.75) is 18.6 Å². The average molecular weight is 208 g/mol. The number of halogens is 1. The Kier molecular flexibility index (Phi) is 1.79. The lowest BCUT2D eigenvalue weighted by Gasteiger charge is -2.23.